The maximum absolute atomic E-state index is 12.4. The van der Waals surface area contributed by atoms with Crippen LogP contribution >= 0.6 is 0 Å². The van der Waals surface area contributed by atoms with E-state index in [0.717, 1.165) is 50.8 Å². The molecule has 1 saturated heterocycles. The lowest BCUT2D eigenvalue weighted by molar-refractivity contribution is -0.132. The Labute approximate surface area is 146 Å². The van der Waals surface area contributed by atoms with Crippen LogP contribution in [0.25, 0.3) is 0 Å². The zero-order chi connectivity index (χ0) is 18.0. The van der Waals surface area contributed by atoms with Crippen LogP contribution in [0.15, 0.2) is 10.6 Å². The Morgan fingerprint density at radius 3 is 2.42 bits per heavy atom. The molecule has 1 amide bonds. The van der Waals surface area contributed by atoms with Crippen molar-refractivity contribution in [3.05, 3.63) is 17.8 Å². The molecule has 1 aromatic rings. The molecule has 0 aliphatic carbocycles. The average Bonchev–Trinajstić information content (AvgIpc) is 2.76. The first-order valence-electron chi connectivity index (χ1n) is 9.00. The van der Waals surface area contributed by atoms with Gasteiger partial charge in [0.15, 0.2) is 0 Å². The molecule has 1 aliphatic heterocycles. The molecule has 0 aromatic carbocycles. The summed E-state index contributed by atoms with van der Waals surface area (Å²) in [6.07, 6.45) is 3.46. The van der Waals surface area contributed by atoms with Crippen molar-refractivity contribution >= 4 is 5.91 Å². The summed E-state index contributed by atoms with van der Waals surface area (Å²) in [6.45, 7) is 16.9. The van der Waals surface area contributed by atoms with Gasteiger partial charge in [0.25, 0.3) is 0 Å². The molecular formula is C19H33N3O2. The molecule has 0 unspecified atom stereocenters. The molecule has 5 heteroatoms. The molecule has 0 atom stereocenters. The molecule has 2 heterocycles. The van der Waals surface area contributed by atoms with E-state index < -0.39 is 0 Å². The smallest absolute Gasteiger partial charge is 0.223 e. The van der Waals surface area contributed by atoms with E-state index in [1.807, 2.05) is 11.1 Å². The first-order chi connectivity index (χ1) is 11.0. The lowest BCUT2D eigenvalue weighted by Gasteiger charge is -2.25. The topological polar surface area (TPSA) is 49.6 Å². The van der Waals surface area contributed by atoms with Crippen LogP contribution in [0.4, 0.5) is 0 Å². The third-order valence-electron chi connectivity index (χ3n) is 4.27. The third kappa shape index (κ3) is 5.62. The van der Waals surface area contributed by atoms with Crippen LogP contribution in [0.1, 0.15) is 66.0 Å². The van der Waals surface area contributed by atoms with E-state index in [2.05, 4.69) is 51.4 Å². The number of aromatic nitrogens is 1. The van der Waals surface area contributed by atoms with Crippen LogP contribution < -0.4 is 0 Å². The van der Waals surface area contributed by atoms with Crippen molar-refractivity contribution in [1.82, 2.24) is 14.8 Å². The van der Waals surface area contributed by atoms with Gasteiger partial charge in [-0.15, -0.1) is 0 Å². The van der Waals surface area contributed by atoms with Crippen molar-refractivity contribution in [3.63, 3.8) is 0 Å². The number of nitrogens with zero attached hydrogens (tertiary/aromatic N) is 3. The Balaban J connectivity index is 1.89. The Hall–Kier alpha value is -1.36. The van der Waals surface area contributed by atoms with Crippen molar-refractivity contribution in [2.75, 3.05) is 26.2 Å². The van der Waals surface area contributed by atoms with Crippen LogP contribution in [0, 0.1) is 5.41 Å². The zero-order valence-corrected chi connectivity index (χ0v) is 16.2. The summed E-state index contributed by atoms with van der Waals surface area (Å²) in [6, 6.07) is 0. The third-order valence-corrected chi connectivity index (χ3v) is 4.27. The van der Waals surface area contributed by atoms with Gasteiger partial charge in [0.1, 0.15) is 5.76 Å². The van der Waals surface area contributed by atoms with E-state index >= 15 is 0 Å². The van der Waals surface area contributed by atoms with Crippen LogP contribution in [-0.2, 0) is 16.8 Å². The van der Waals surface area contributed by atoms with Crippen LogP contribution in [0.2, 0.25) is 0 Å². The molecule has 24 heavy (non-hydrogen) atoms. The summed E-state index contributed by atoms with van der Waals surface area (Å²) < 4.78 is 5.90. The van der Waals surface area contributed by atoms with E-state index in [-0.39, 0.29) is 16.7 Å². The lowest BCUT2D eigenvalue weighted by atomic mass is 9.91. The molecule has 1 fully saturated rings. The number of rotatable bonds is 3. The van der Waals surface area contributed by atoms with Crippen molar-refractivity contribution in [3.8, 4) is 0 Å². The summed E-state index contributed by atoms with van der Waals surface area (Å²) in [5, 5.41) is 0. The Morgan fingerprint density at radius 2 is 1.83 bits per heavy atom. The predicted octanol–water partition coefficient (Wildman–Crippen LogP) is 3.44. The van der Waals surface area contributed by atoms with E-state index in [9.17, 15) is 4.79 Å². The van der Waals surface area contributed by atoms with Gasteiger partial charge in [-0.05, 0) is 11.8 Å². The lowest BCUT2D eigenvalue weighted by Crippen LogP contribution is -2.36. The fraction of sp³-hybridized carbons (Fsp3) is 0.789. The van der Waals surface area contributed by atoms with Gasteiger partial charge in [-0.1, -0.05) is 41.5 Å². The van der Waals surface area contributed by atoms with Gasteiger partial charge in [0, 0.05) is 38.0 Å². The predicted molar refractivity (Wildman–Crippen MR) is 95.7 cm³/mol. The minimum atomic E-state index is -0.0137. The largest absolute Gasteiger partial charge is 0.444 e. The Kier molecular flexibility index (Phi) is 5.74. The summed E-state index contributed by atoms with van der Waals surface area (Å²) in [7, 11) is 0. The van der Waals surface area contributed by atoms with E-state index in [4.69, 9.17) is 4.42 Å². The number of hydrogen-bond donors (Lipinski definition) is 0. The van der Waals surface area contributed by atoms with E-state index in [1.54, 1.807) is 0 Å². The number of amides is 1. The number of carbonyl (C=O) groups is 1. The molecule has 5 nitrogen and oxygen atoms in total. The molecule has 136 valence electrons. The molecule has 0 spiro atoms. The van der Waals surface area contributed by atoms with Gasteiger partial charge in [-0.3, -0.25) is 9.69 Å². The van der Waals surface area contributed by atoms with Gasteiger partial charge >= 0.3 is 0 Å². The normalized spacial score (nSPS) is 17.8. The Morgan fingerprint density at radius 1 is 1.12 bits per heavy atom. The molecule has 0 N–H and O–H groups in total. The van der Waals surface area contributed by atoms with Crippen LogP contribution in [0.3, 0.4) is 0 Å². The monoisotopic (exact) mass is 335 g/mol. The summed E-state index contributed by atoms with van der Waals surface area (Å²) in [5.41, 5.74) is 0.0325. The highest BCUT2D eigenvalue weighted by molar-refractivity contribution is 5.76. The molecule has 0 saturated carbocycles. The SMILES string of the molecule is CC(C)(C)CC(=O)N1CCCN(Cc2ncc(C(C)(C)C)o2)CC1. The van der Waals surface area contributed by atoms with Crippen LogP contribution in [-0.4, -0.2) is 46.9 Å². The molecule has 1 aromatic heterocycles. The van der Waals surface area contributed by atoms with Gasteiger partial charge in [0.05, 0.1) is 12.7 Å². The second kappa shape index (κ2) is 7.26. The Bertz CT molecular complexity index is 552. The quantitative estimate of drug-likeness (QED) is 0.849. The van der Waals surface area contributed by atoms with Crippen molar-refractivity contribution < 1.29 is 9.21 Å². The summed E-state index contributed by atoms with van der Waals surface area (Å²) in [4.78, 5) is 21.2. The van der Waals surface area contributed by atoms with Crippen LogP contribution in [0.5, 0.6) is 0 Å². The minimum Gasteiger partial charge on any atom is -0.444 e. The molecular weight excluding hydrogens is 302 g/mol. The highest BCUT2D eigenvalue weighted by Crippen LogP contribution is 2.24. The molecule has 0 radical (unpaired) electrons. The van der Waals surface area contributed by atoms with Gasteiger partial charge in [-0.25, -0.2) is 4.98 Å². The molecule has 1 aliphatic rings. The maximum Gasteiger partial charge on any atom is 0.223 e. The standard InChI is InChI=1S/C19H33N3O2/c1-18(2,3)12-17(23)22-9-7-8-21(10-11-22)14-16-20-13-15(24-16)19(4,5)6/h13H,7-12,14H2,1-6H3. The zero-order valence-electron chi connectivity index (χ0n) is 16.2. The second-order valence-corrected chi connectivity index (χ2v) is 9.12. The highest BCUT2D eigenvalue weighted by Gasteiger charge is 2.24. The van der Waals surface area contributed by atoms with Gasteiger partial charge in [-0.2, -0.15) is 0 Å². The van der Waals surface area contributed by atoms with Crippen molar-refractivity contribution in [1.29, 1.82) is 0 Å². The average molecular weight is 335 g/mol. The van der Waals surface area contributed by atoms with Crippen molar-refractivity contribution in [2.24, 2.45) is 5.41 Å². The molecule has 2 rings (SSSR count). The molecule has 0 bridgehead atoms. The minimum absolute atomic E-state index is 0.0137. The first kappa shape index (κ1) is 19.0. The summed E-state index contributed by atoms with van der Waals surface area (Å²) >= 11 is 0. The number of oxazole rings is 1. The van der Waals surface area contributed by atoms with Gasteiger partial charge < -0.3 is 9.32 Å². The van der Waals surface area contributed by atoms with Crippen molar-refractivity contribution in [2.45, 2.75) is 66.3 Å². The number of carbonyl (C=O) groups excluding carboxylic acids is 1. The number of hydrogen-bond acceptors (Lipinski definition) is 4. The fourth-order valence-corrected chi connectivity index (χ4v) is 2.87. The fourth-order valence-electron chi connectivity index (χ4n) is 2.87. The second-order valence-electron chi connectivity index (χ2n) is 9.12. The maximum atomic E-state index is 12.4. The van der Waals surface area contributed by atoms with Gasteiger partial charge in [0.2, 0.25) is 11.8 Å². The summed E-state index contributed by atoms with van der Waals surface area (Å²) in [5.74, 6) is 1.97. The van der Waals surface area contributed by atoms with E-state index in [0.29, 0.717) is 6.42 Å². The first-order valence-corrected chi connectivity index (χ1v) is 9.00. The highest BCUT2D eigenvalue weighted by atomic mass is 16.4. The van der Waals surface area contributed by atoms with E-state index in [1.165, 1.54) is 0 Å².